The third kappa shape index (κ3) is 2.79. The molecule has 0 bridgehead atoms. The van der Waals surface area contributed by atoms with E-state index in [9.17, 15) is 8.42 Å². The van der Waals surface area contributed by atoms with Crippen LogP contribution in [-0.4, -0.2) is 12.4 Å². The molecule has 5 heteroatoms. The molecule has 3 nitrogen and oxygen atoms in total. The molecule has 0 amide bonds. The normalized spacial score (nSPS) is 11.7. The lowest BCUT2D eigenvalue weighted by Gasteiger charge is -2.12. The van der Waals surface area contributed by atoms with Crippen LogP contribution >= 0.6 is 15.9 Å². The summed E-state index contributed by atoms with van der Waals surface area (Å²) in [5, 5.41) is 0.868. The largest absolute Gasteiger partial charge is 0.268 e. The summed E-state index contributed by atoms with van der Waals surface area (Å²) in [5.41, 5.74) is 2.16. The average Bonchev–Trinajstić information content (AvgIpc) is 3.02. The molecule has 1 aromatic heterocycles. The van der Waals surface area contributed by atoms with E-state index >= 15 is 0 Å². The fraction of sp³-hybridized carbons (Fsp3) is 0. The first kappa shape index (κ1) is 16.1. The lowest BCUT2D eigenvalue weighted by molar-refractivity contribution is 0.589. The molecule has 0 aliphatic carbocycles. The Hall–Kier alpha value is -2.37. The van der Waals surface area contributed by atoms with Crippen LogP contribution < -0.4 is 0 Å². The maximum absolute atomic E-state index is 13.3. The van der Waals surface area contributed by atoms with Gasteiger partial charge in [0.15, 0.2) is 0 Å². The summed E-state index contributed by atoms with van der Waals surface area (Å²) in [7, 11) is -3.71. The minimum atomic E-state index is -3.71. The van der Waals surface area contributed by atoms with Gasteiger partial charge in [0.25, 0.3) is 10.0 Å². The highest BCUT2D eigenvalue weighted by molar-refractivity contribution is 9.10. The van der Waals surface area contributed by atoms with Crippen LogP contribution in [0.4, 0.5) is 0 Å². The standard InChI is InChI=1S/C20H14BrNO2S/c21-17-11-12-19-16(13-17)14-20(15-7-3-1-4-8-15)22(19)25(23,24)18-9-5-2-6-10-18/h1-14H. The number of nitrogens with zero attached hydrogens (tertiary/aromatic N) is 1. The molecule has 0 N–H and O–H groups in total. The van der Waals surface area contributed by atoms with Gasteiger partial charge in [-0.15, -0.1) is 0 Å². The van der Waals surface area contributed by atoms with Gasteiger partial charge in [0.05, 0.1) is 16.1 Å². The SMILES string of the molecule is O=S(=O)(c1ccccc1)n1c(-c2ccccc2)cc2cc(Br)ccc21. The zero-order valence-corrected chi connectivity index (χ0v) is 15.5. The van der Waals surface area contributed by atoms with Crippen LogP contribution in [0, 0.1) is 0 Å². The molecule has 1 heterocycles. The van der Waals surface area contributed by atoms with E-state index in [4.69, 9.17) is 0 Å². The quantitative estimate of drug-likeness (QED) is 0.458. The van der Waals surface area contributed by atoms with Crippen molar-refractivity contribution in [3.8, 4) is 11.3 Å². The first-order valence-corrected chi connectivity index (χ1v) is 9.98. The Bertz CT molecular complexity index is 1150. The van der Waals surface area contributed by atoms with E-state index in [-0.39, 0.29) is 4.90 Å². The predicted octanol–water partition coefficient (Wildman–Crippen LogP) is 5.31. The van der Waals surface area contributed by atoms with Gasteiger partial charge in [-0.1, -0.05) is 64.5 Å². The van der Waals surface area contributed by atoms with E-state index in [0.29, 0.717) is 11.2 Å². The van der Waals surface area contributed by atoms with Crippen molar-refractivity contribution in [3.05, 3.63) is 89.4 Å². The van der Waals surface area contributed by atoms with E-state index in [2.05, 4.69) is 15.9 Å². The zero-order valence-electron chi connectivity index (χ0n) is 13.1. The highest BCUT2D eigenvalue weighted by atomic mass is 79.9. The molecule has 0 atom stereocenters. The summed E-state index contributed by atoms with van der Waals surface area (Å²) in [4.78, 5) is 0.271. The van der Waals surface area contributed by atoms with Gasteiger partial charge >= 0.3 is 0 Å². The number of halogens is 1. The first-order valence-electron chi connectivity index (χ1n) is 7.74. The Morgan fingerprint density at radius 1 is 0.760 bits per heavy atom. The van der Waals surface area contributed by atoms with Crippen LogP contribution in [0.2, 0.25) is 0 Å². The molecule has 0 saturated carbocycles. The van der Waals surface area contributed by atoms with Crippen molar-refractivity contribution >= 4 is 36.9 Å². The summed E-state index contributed by atoms with van der Waals surface area (Å²) in [5.74, 6) is 0. The molecule has 0 unspecified atom stereocenters. The minimum absolute atomic E-state index is 0.271. The zero-order chi connectivity index (χ0) is 17.4. The monoisotopic (exact) mass is 411 g/mol. The second-order valence-electron chi connectivity index (χ2n) is 5.68. The van der Waals surface area contributed by atoms with Crippen molar-refractivity contribution in [2.45, 2.75) is 4.90 Å². The van der Waals surface area contributed by atoms with E-state index < -0.39 is 10.0 Å². The predicted molar refractivity (Wildman–Crippen MR) is 104 cm³/mol. The van der Waals surface area contributed by atoms with Gasteiger partial charge in [-0.3, -0.25) is 0 Å². The molecule has 4 rings (SSSR count). The van der Waals surface area contributed by atoms with Gasteiger partial charge in [-0.05, 0) is 42.0 Å². The summed E-state index contributed by atoms with van der Waals surface area (Å²) in [6.07, 6.45) is 0. The average molecular weight is 412 g/mol. The van der Waals surface area contributed by atoms with Crippen LogP contribution in [0.5, 0.6) is 0 Å². The molecule has 0 aliphatic rings. The van der Waals surface area contributed by atoms with Gasteiger partial charge in [-0.2, -0.15) is 0 Å². The molecular formula is C20H14BrNO2S. The Morgan fingerprint density at radius 3 is 2.08 bits per heavy atom. The number of hydrogen-bond acceptors (Lipinski definition) is 2. The lowest BCUT2D eigenvalue weighted by atomic mass is 10.1. The lowest BCUT2D eigenvalue weighted by Crippen LogP contribution is -2.14. The van der Waals surface area contributed by atoms with Gasteiger partial charge in [-0.25, -0.2) is 12.4 Å². The molecule has 124 valence electrons. The van der Waals surface area contributed by atoms with E-state index in [1.807, 2.05) is 60.7 Å². The Balaban J connectivity index is 2.08. The molecule has 4 aromatic rings. The molecule has 0 spiro atoms. The first-order chi connectivity index (χ1) is 12.1. The molecule has 0 radical (unpaired) electrons. The minimum Gasteiger partial charge on any atom is -0.233 e. The maximum atomic E-state index is 13.3. The van der Waals surface area contributed by atoms with Crippen molar-refractivity contribution < 1.29 is 8.42 Å². The Morgan fingerprint density at radius 2 is 1.40 bits per heavy atom. The Labute approximate surface area is 154 Å². The Kier molecular flexibility index (Phi) is 3.98. The van der Waals surface area contributed by atoms with Crippen LogP contribution in [0.1, 0.15) is 0 Å². The van der Waals surface area contributed by atoms with Gasteiger partial charge in [0, 0.05) is 9.86 Å². The summed E-state index contributed by atoms with van der Waals surface area (Å²) in [6, 6.07) is 25.6. The van der Waals surface area contributed by atoms with Crippen molar-refractivity contribution in [2.24, 2.45) is 0 Å². The topological polar surface area (TPSA) is 39.1 Å². The van der Waals surface area contributed by atoms with E-state index in [1.165, 1.54) is 3.97 Å². The third-order valence-electron chi connectivity index (χ3n) is 4.07. The maximum Gasteiger partial charge on any atom is 0.268 e. The molecule has 0 fully saturated rings. The molecule has 3 aromatic carbocycles. The number of hydrogen-bond donors (Lipinski definition) is 0. The van der Waals surface area contributed by atoms with E-state index in [0.717, 1.165) is 15.4 Å². The van der Waals surface area contributed by atoms with Gasteiger partial charge in [0.1, 0.15) is 0 Å². The molecule has 25 heavy (non-hydrogen) atoms. The second-order valence-corrected chi connectivity index (χ2v) is 8.38. The fourth-order valence-corrected chi connectivity index (χ4v) is 4.86. The summed E-state index contributed by atoms with van der Waals surface area (Å²) in [6.45, 7) is 0. The number of rotatable bonds is 3. The van der Waals surface area contributed by atoms with Crippen LogP contribution in [0.25, 0.3) is 22.2 Å². The van der Waals surface area contributed by atoms with Crippen molar-refractivity contribution in [1.82, 2.24) is 3.97 Å². The van der Waals surface area contributed by atoms with Crippen molar-refractivity contribution in [3.63, 3.8) is 0 Å². The molecule has 0 aliphatic heterocycles. The number of benzene rings is 3. The molecule has 0 saturated heterocycles. The summed E-state index contributed by atoms with van der Waals surface area (Å²) >= 11 is 3.46. The van der Waals surface area contributed by atoms with Crippen molar-refractivity contribution in [2.75, 3.05) is 0 Å². The van der Waals surface area contributed by atoms with Crippen molar-refractivity contribution in [1.29, 1.82) is 0 Å². The van der Waals surface area contributed by atoms with Crippen LogP contribution in [0.15, 0.2) is 94.3 Å². The number of fused-ring (bicyclic) bond motifs is 1. The highest BCUT2D eigenvalue weighted by Gasteiger charge is 2.23. The van der Waals surface area contributed by atoms with E-state index in [1.54, 1.807) is 24.3 Å². The van der Waals surface area contributed by atoms with Crippen LogP contribution in [-0.2, 0) is 10.0 Å². The second kappa shape index (κ2) is 6.17. The molecular weight excluding hydrogens is 398 g/mol. The van der Waals surface area contributed by atoms with Gasteiger partial charge in [0.2, 0.25) is 0 Å². The highest BCUT2D eigenvalue weighted by Crippen LogP contribution is 2.33. The smallest absolute Gasteiger partial charge is 0.233 e. The fourth-order valence-electron chi connectivity index (χ4n) is 2.93. The number of aromatic nitrogens is 1. The third-order valence-corrected chi connectivity index (χ3v) is 6.31. The van der Waals surface area contributed by atoms with Gasteiger partial charge < -0.3 is 0 Å². The van der Waals surface area contributed by atoms with Crippen LogP contribution in [0.3, 0.4) is 0 Å². The summed E-state index contributed by atoms with van der Waals surface area (Å²) < 4.78 is 29.0.